The van der Waals surface area contributed by atoms with Crippen LogP contribution in [0, 0.1) is 17.8 Å². The fourth-order valence-electron chi connectivity index (χ4n) is 3.17. The summed E-state index contributed by atoms with van der Waals surface area (Å²) in [5.74, 6) is -0.176. The Hall–Kier alpha value is -1.06. The molecule has 2 rings (SSSR count). The van der Waals surface area contributed by atoms with E-state index >= 15 is 0 Å². The van der Waals surface area contributed by atoms with Crippen LogP contribution in [0.4, 0.5) is 0 Å². The quantitative estimate of drug-likeness (QED) is 0.820. The maximum Gasteiger partial charge on any atom is 0.306 e. The molecule has 0 aromatic carbocycles. The zero-order valence-electron chi connectivity index (χ0n) is 11.1. The molecule has 1 amide bonds. The fourth-order valence-corrected chi connectivity index (χ4v) is 3.17. The molecule has 3 atom stereocenters. The largest absolute Gasteiger partial charge is 0.481 e. The second kappa shape index (κ2) is 5.72. The van der Waals surface area contributed by atoms with Crippen LogP contribution in [-0.4, -0.2) is 35.0 Å². The minimum absolute atomic E-state index is 0.0421. The first kappa shape index (κ1) is 13.4. The summed E-state index contributed by atoms with van der Waals surface area (Å²) in [6, 6.07) is 0. The van der Waals surface area contributed by atoms with Crippen molar-refractivity contribution in [2.75, 3.05) is 13.1 Å². The monoisotopic (exact) mass is 253 g/mol. The molecule has 1 heterocycles. The summed E-state index contributed by atoms with van der Waals surface area (Å²) in [6.45, 7) is 3.95. The molecule has 3 unspecified atom stereocenters. The lowest BCUT2D eigenvalue weighted by molar-refractivity contribution is -0.141. The van der Waals surface area contributed by atoms with Crippen molar-refractivity contribution in [2.24, 2.45) is 17.8 Å². The molecule has 0 aromatic rings. The van der Waals surface area contributed by atoms with E-state index in [9.17, 15) is 9.59 Å². The van der Waals surface area contributed by atoms with Crippen LogP contribution < -0.4 is 0 Å². The van der Waals surface area contributed by atoms with E-state index in [0.29, 0.717) is 18.8 Å². The SMILES string of the molecule is CC1CCCN(C(=O)C2CCC(C(=O)O)C2)CC1. The van der Waals surface area contributed by atoms with Gasteiger partial charge in [0.15, 0.2) is 0 Å². The van der Waals surface area contributed by atoms with E-state index in [1.807, 2.05) is 4.90 Å². The van der Waals surface area contributed by atoms with E-state index in [1.54, 1.807) is 0 Å². The van der Waals surface area contributed by atoms with Gasteiger partial charge in [-0.1, -0.05) is 6.92 Å². The molecule has 18 heavy (non-hydrogen) atoms. The van der Waals surface area contributed by atoms with Crippen molar-refractivity contribution in [3.05, 3.63) is 0 Å². The molecule has 1 saturated carbocycles. The highest BCUT2D eigenvalue weighted by Crippen LogP contribution is 2.33. The minimum Gasteiger partial charge on any atom is -0.481 e. The highest BCUT2D eigenvalue weighted by Gasteiger charge is 2.36. The number of hydrogen-bond acceptors (Lipinski definition) is 2. The van der Waals surface area contributed by atoms with Crippen LogP contribution in [0.3, 0.4) is 0 Å². The molecule has 0 aromatic heterocycles. The van der Waals surface area contributed by atoms with Crippen LogP contribution >= 0.6 is 0 Å². The van der Waals surface area contributed by atoms with E-state index in [4.69, 9.17) is 5.11 Å². The van der Waals surface area contributed by atoms with Crippen molar-refractivity contribution in [1.29, 1.82) is 0 Å². The molecule has 1 aliphatic heterocycles. The van der Waals surface area contributed by atoms with Gasteiger partial charge in [0.25, 0.3) is 0 Å². The first-order chi connectivity index (χ1) is 8.58. The van der Waals surface area contributed by atoms with Crippen LogP contribution in [-0.2, 0) is 9.59 Å². The number of hydrogen-bond donors (Lipinski definition) is 1. The molecular weight excluding hydrogens is 230 g/mol. The van der Waals surface area contributed by atoms with Crippen LogP contribution in [0.1, 0.15) is 45.4 Å². The van der Waals surface area contributed by atoms with Crippen LogP contribution in [0.2, 0.25) is 0 Å². The van der Waals surface area contributed by atoms with E-state index in [2.05, 4.69) is 6.92 Å². The smallest absolute Gasteiger partial charge is 0.306 e. The summed E-state index contributed by atoms with van der Waals surface area (Å²) in [5.41, 5.74) is 0. The van der Waals surface area contributed by atoms with Gasteiger partial charge in [-0.2, -0.15) is 0 Å². The third-order valence-corrected chi connectivity index (χ3v) is 4.46. The first-order valence-corrected chi connectivity index (χ1v) is 7.09. The average molecular weight is 253 g/mol. The lowest BCUT2D eigenvalue weighted by atomic mass is 10.0. The molecule has 1 N–H and O–H groups in total. The Balaban J connectivity index is 1.89. The van der Waals surface area contributed by atoms with Crippen molar-refractivity contribution in [3.8, 4) is 0 Å². The Labute approximate surface area is 108 Å². The highest BCUT2D eigenvalue weighted by atomic mass is 16.4. The van der Waals surface area contributed by atoms with Crippen LogP contribution in [0.25, 0.3) is 0 Å². The van der Waals surface area contributed by atoms with E-state index < -0.39 is 5.97 Å². The minimum atomic E-state index is -0.741. The number of carboxylic acid groups (broad SMARTS) is 1. The standard InChI is InChI=1S/C14H23NO3/c1-10-3-2-7-15(8-6-10)13(16)11-4-5-12(9-11)14(17)18/h10-12H,2-9H2,1H3,(H,17,18). The lowest BCUT2D eigenvalue weighted by Gasteiger charge is -2.24. The molecule has 102 valence electrons. The molecule has 4 nitrogen and oxygen atoms in total. The summed E-state index contributed by atoms with van der Waals surface area (Å²) < 4.78 is 0. The summed E-state index contributed by atoms with van der Waals surface area (Å²) in [7, 11) is 0. The van der Waals surface area contributed by atoms with Crippen molar-refractivity contribution in [1.82, 2.24) is 4.90 Å². The molecule has 0 bridgehead atoms. The van der Waals surface area contributed by atoms with Crippen LogP contribution in [0.5, 0.6) is 0 Å². The van der Waals surface area contributed by atoms with Crippen LogP contribution in [0.15, 0.2) is 0 Å². The number of rotatable bonds is 2. The number of carbonyl (C=O) groups excluding carboxylic acids is 1. The number of nitrogens with zero attached hydrogens (tertiary/aromatic N) is 1. The Morgan fingerprint density at radius 1 is 1.06 bits per heavy atom. The molecular formula is C14H23NO3. The van der Waals surface area contributed by atoms with Gasteiger partial charge in [0, 0.05) is 19.0 Å². The molecule has 1 aliphatic carbocycles. The predicted molar refractivity (Wildman–Crippen MR) is 68.1 cm³/mol. The zero-order chi connectivity index (χ0) is 13.1. The number of aliphatic carboxylic acids is 1. The third-order valence-electron chi connectivity index (χ3n) is 4.46. The van der Waals surface area contributed by atoms with Gasteiger partial charge in [-0.3, -0.25) is 9.59 Å². The van der Waals surface area contributed by atoms with E-state index in [0.717, 1.165) is 32.4 Å². The van der Waals surface area contributed by atoms with E-state index in [-0.39, 0.29) is 17.7 Å². The van der Waals surface area contributed by atoms with Crippen molar-refractivity contribution < 1.29 is 14.7 Å². The zero-order valence-corrected chi connectivity index (χ0v) is 11.1. The van der Waals surface area contributed by atoms with Gasteiger partial charge >= 0.3 is 5.97 Å². The Bertz CT molecular complexity index is 329. The van der Waals surface area contributed by atoms with Gasteiger partial charge in [-0.05, 0) is 44.4 Å². The Kier molecular flexibility index (Phi) is 4.25. The number of carbonyl (C=O) groups is 2. The predicted octanol–water partition coefficient (Wildman–Crippen LogP) is 2.14. The summed E-state index contributed by atoms with van der Waals surface area (Å²) >= 11 is 0. The molecule has 2 fully saturated rings. The maximum atomic E-state index is 12.4. The summed E-state index contributed by atoms with van der Waals surface area (Å²) in [6.07, 6.45) is 5.33. The first-order valence-electron chi connectivity index (χ1n) is 7.09. The van der Waals surface area contributed by atoms with Gasteiger partial charge in [-0.25, -0.2) is 0 Å². The molecule has 2 aliphatic rings. The third kappa shape index (κ3) is 3.03. The van der Waals surface area contributed by atoms with Crippen molar-refractivity contribution in [3.63, 3.8) is 0 Å². The number of likely N-dealkylation sites (tertiary alicyclic amines) is 1. The lowest BCUT2D eigenvalue weighted by Crippen LogP contribution is -2.36. The van der Waals surface area contributed by atoms with Crippen molar-refractivity contribution >= 4 is 11.9 Å². The second-order valence-electron chi connectivity index (χ2n) is 5.91. The second-order valence-corrected chi connectivity index (χ2v) is 5.91. The Morgan fingerprint density at radius 2 is 1.78 bits per heavy atom. The van der Waals surface area contributed by atoms with Gasteiger partial charge in [0.05, 0.1) is 5.92 Å². The van der Waals surface area contributed by atoms with E-state index in [1.165, 1.54) is 6.42 Å². The summed E-state index contributed by atoms with van der Waals surface area (Å²) in [4.78, 5) is 25.3. The van der Waals surface area contributed by atoms with Gasteiger partial charge in [0.1, 0.15) is 0 Å². The molecule has 4 heteroatoms. The van der Waals surface area contributed by atoms with Gasteiger partial charge < -0.3 is 10.0 Å². The number of carboxylic acids is 1. The fraction of sp³-hybridized carbons (Fsp3) is 0.857. The number of amides is 1. The normalized spacial score (nSPS) is 33.2. The van der Waals surface area contributed by atoms with Gasteiger partial charge in [-0.15, -0.1) is 0 Å². The molecule has 0 spiro atoms. The Morgan fingerprint density at radius 3 is 2.44 bits per heavy atom. The average Bonchev–Trinajstić information content (AvgIpc) is 2.73. The van der Waals surface area contributed by atoms with Crippen molar-refractivity contribution in [2.45, 2.75) is 45.4 Å². The topological polar surface area (TPSA) is 57.6 Å². The van der Waals surface area contributed by atoms with Gasteiger partial charge in [0.2, 0.25) is 5.91 Å². The molecule has 0 radical (unpaired) electrons. The summed E-state index contributed by atoms with van der Waals surface area (Å²) in [5, 5.41) is 8.98. The maximum absolute atomic E-state index is 12.4. The molecule has 1 saturated heterocycles. The highest BCUT2D eigenvalue weighted by molar-refractivity contribution is 5.81.